The maximum absolute atomic E-state index is 13.1. The van der Waals surface area contributed by atoms with Crippen molar-refractivity contribution >= 4 is 38.4 Å². The molecule has 7 heteroatoms. The zero-order chi connectivity index (χ0) is 27.6. The molecule has 1 atom stereocenters. The van der Waals surface area contributed by atoms with Crippen molar-refractivity contribution < 1.29 is 19.1 Å². The molecule has 1 N–H and O–H groups in total. The molecule has 206 valence electrons. The van der Waals surface area contributed by atoms with Gasteiger partial charge >= 0.3 is 206 Å². The van der Waals surface area contributed by atoms with E-state index in [-0.39, 0.29) is 28.8 Å². The number of hydrogen-bond donors (Lipinski definition) is 1. The molecule has 0 unspecified atom stereocenters. The van der Waals surface area contributed by atoms with Gasteiger partial charge in [0.2, 0.25) is 0 Å². The van der Waals surface area contributed by atoms with E-state index in [0.717, 1.165) is 0 Å². The van der Waals surface area contributed by atoms with E-state index in [0.29, 0.717) is 0 Å². The number of allylic oxidation sites excluding steroid dienone is 3. The predicted molar refractivity (Wildman–Crippen MR) is 158 cm³/mol. The average molecular weight is 627 g/mol. The Labute approximate surface area is 226 Å². The van der Waals surface area contributed by atoms with E-state index < -0.39 is 38.6 Å². The third-order valence-corrected chi connectivity index (χ3v) is 26.7. The first-order valence-corrected chi connectivity index (χ1v) is 24.6. The minimum absolute atomic E-state index is 0.0126. The number of unbranched alkanes of at least 4 members (excludes halogenated alkanes) is 3. The zero-order valence-corrected chi connectivity index (χ0v) is 28.4. The Morgan fingerprint density at radius 3 is 1.94 bits per heavy atom. The van der Waals surface area contributed by atoms with Crippen LogP contribution >= 0.6 is 0 Å². The van der Waals surface area contributed by atoms with Crippen LogP contribution in [0.3, 0.4) is 0 Å². The number of aliphatic hydroxyl groups excluding tert-OH is 1. The van der Waals surface area contributed by atoms with E-state index in [4.69, 9.17) is 4.43 Å². The van der Waals surface area contributed by atoms with Crippen molar-refractivity contribution in [1.82, 2.24) is 4.90 Å². The van der Waals surface area contributed by atoms with Crippen LogP contribution in [0.15, 0.2) is 33.7 Å². The van der Waals surface area contributed by atoms with Crippen LogP contribution in [0, 0.1) is 0 Å². The van der Waals surface area contributed by atoms with Gasteiger partial charge in [0, 0.05) is 0 Å². The normalized spacial score (nSPS) is 19.4. The number of likely N-dealkylation sites (tertiary alicyclic amines) is 1. The standard InChI is InChI=1S/C17H26NO4Si.3C4H9.Sn/c1-8-9-10-13(19)14-15(20)12(18(5)16(14)21)11-22-23(6,7)17(2,3)4;3*1-3-4-2;/h1,8-10,12,19H,11H2,2-7H3;3*1,3-4H2,2H3;/b8-1?,10-9+,14-13+;;;;/t12-;;;;/m0..../s1. The number of carbonyl (C=O) groups is 2. The van der Waals surface area contributed by atoms with Crippen LogP contribution in [0.25, 0.3) is 0 Å². The third-order valence-electron chi connectivity index (χ3n) is 8.11. The van der Waals surface area contributed by atoms with E-state index in [1.807, 2.05) is 6.08 Å². The molecule has 5 nitrogen and oxygen atoms in total. The molecule has 1 heterocycles. The van der Waals surface area contributed by atoms with Gasteiger partial charge in [0.25, 0.3) is 0 Å². The van der Waals surface area contributed by atoms with Crippen LogP contribution in [0.4, 0.5) is 0 Å². The van der Waals surface area contributed by atoms with Crippen molar-refractivity contribution in [2.45, 2.75) is 118 Å². The summed E-state index contributed by atoms with van der Waals surface area (Å²) >= 11 is -2.41. The average Bonchev–Trinajstić information content (AvgIpc) is 3.02. The number of Topliss-reactive ketones (excluding diaryl/α,β-unsaturated/α-hetero) is 1. The summed E-state index contributed by atoms with van der Waals surface area (Å²) in [5.74, 6) is -1.03. The Morgan fingerprint density at radius 2 is 1.50 bits per heavy atom. The summed E-state index contributed by atoms with van der Waals surface area (Å²) in [4.78, 5) is 27.3. The molecule has 0 spiro atoms. The molecule has 36 heavy (non-hydrogen) atoms. The number of hydrogen-bond acceptors (Lipinski definition) is 4. The van der Waals surface area contributed by atoms with Gasteiger partial charge in [-0.25, -0.2) is 0 Å². The summed E-state index contributed by atoms with van der Waals surface area (Å²) in [5, 5.41) is 10.7. The molecule has 1 rings (SSSR count). The number of carbonyl (C=O) groups excluding carboxylic acids is 2. The van der Waals surface area contributed by atoms with E-state index in [9.17, 15) is 14.7 Å². The number of likely N-dealkylation sites (N-methyl/N-ethyl adjacent to an activating group) is 1. The van der Waals surface area contributed by atoms with Gasteiger partial charge in [0.1, 0.15) is 0 Å². The van der Waals surface area contributed by atoms with Gasteiger partial charge in [0.05, 0.1) is 0 Å². The molecule has 0 saturated carbocycles. The second-order valence-corrected chi connectivity index (χ2v) is 29.8. The number of ketones is 1. The minimum atomic E-state index is -2.41. The third kappa shape index (κ3) is 9.16. The summed E-state index contributed by atoms with van der Waals surface area (Å²) in [6.07, 6.45) is 13.0. The zero-order valence-electron chi connectivity index (χ0n) is 24.6. The number of aliphatic hydroxyl groups is 1. The Morgan fingerprint density at radius 1 is 1.00 bits per heavy atom. The first kappa shape index (κ1) is 33.2. The van der Waals surface area contributed by atoms with E-state index in [1.165, 1.54) is 62.8 Å². The summed E-state index contributed by atoms with van der Waals surface area (Å²) in [7, 11) is -0.449. The van der Waals surface area contributed by atoms with Crippen molar-refractivity contribution in [3.8, 4) is 0 Å². The molecule has 0 radical (unpaired) electrons. The topological polar surface area (TPSA) is 66.8 Å². The molecule has 0 bridgehead atoms. The number of nitrogens with zero attached hydrogens (tertiary/aromatic N) is 1. The van der Waals surface area contributed by atoms with Gasteiger partial charge in [-0.2, -0.15) is 0 Å². The molecule has 0 aromatic rings. The van der Waals surface area contributed by atoms with Crippen molar-refractivity contribution in [2.24, 2.45) is 0 Å². The Bertz CT molecular complexity index is 804. The summed E-state index contributed by atoms with van der Waals surface area (Å²) in [5.41, 5.74) is -0.122. The molecule has 1 fully saturated rings. The fourth-order valence-corrected chi connectivity index (χ4v) is 19.5. The van der Waals surface area contributed by atoms with Crippen LogP contribution in [0.2, 0.25) is 31.4 Å². The molecule has 1 aliphatic heterocycles. The first-order valence-electron chi connectivity index (χ1n) is 14.0. The van der Waals surface area contributed by atoms with Gasteiger partial charge in [-0.05, 0) is 0 Å². The quantitative estimate of drug-likeness (QED) is 0.0665. The molecule has 0 aromatic carbocycles. The van der Waals surface area contributed by atoms with Crippen molar-refractivity contribution in [3.63, 3.8) is 0 Å². The van der Waals surface area contributed by atoms with Crippen LogP contribution < -0.4 is 0 Å². The fraction of sp³-hybridized carbons (Fsp3) is 0.724. The van der Waals surface area contributed by atoms with Crippen LogP contribution in [0.1, 0.15) is 80.1 Å². The SMILES string of the molecule is CCC[CH2][Sn](/[CH]=C/C=C/C(O)=C1/C(=O)[C@H](CO[Si](C)(C)C(C)(C)C)N(C)C1=O)([CH2]CCC)[CH2]CCC. The van der Waals surface area contributed by atoms with Crippen LogP contribution in [-0.2, 0) is 14.0 Å². The van der Waals surface area contributed by atoms with Gasteiger partial charge < -0.3 is 0 Å². The second-order valence-electron chi connectivity index (χ2n) is 12.0. The van der Waals surface area contributed by atoms with Crippen LogP contribution in [0.5, 0.6) is 0 Å². The Kier molecular flexibility index (Phi) is 13.7. The first-order chi connectivity index (χ1) is 16.8. The molecule has 1 amide bonds. The summed E-state index contributed by atoms with van der Waals surface area (Å²) < 4.78 is 12.9. The molecule has 0 aromatic heterocycles. The van der Waals surface area contributed by atoms with E-state index in [2.05, 4.69) is 64.8 Å². The molecular weight excluding hydrogens is 573 g/mol. The monoisotopic (exact) mass is 627 g/mol. The molecule has 0 aliphatic carbocycles. The van der Waals surface area contributed by atoms with Gasteiger partial charge in [-0.1, -0.05) is 20.8 Å². The molecular formula is C29H53NO4SiSn. The Hall–Kier alpha value is -0.864. The molecule has 1 saturated heterocycles. The molecule has 1 aliphatic rings. The van der Waals surface area contributed by atoms with Crippen molar-refractivity contribution in [2.75, 3.05) is 13.7 Å². The number of amides is 1. The summed E-state index contributed by atoms with van der Waals surface area (Å²) in [6.45, 7) is 17.7. The van der Waals surface area contributed by atoms with Crippen molar-refractivity contribution in [1.29, 1.82) is 0 Å². The van der Waals surface area contributed by atoms with E-state index >= 15 is 0 Å². The van der Waals surface area contributed by atoms with Crippen LogP contribution in [-0.4, -0.2) is 68.1 Å². The second kappa shape index (κ2) is 14.9. The van der Waals surface area contributed by atoms with Gasteiger partial charge in [0.15, 0.2) is 0 Å². The number of rotatable bonds is 15. The van der Waals surface area contributed by atoms with Crippen molar-refractivity contribution in [3.05, 3.63) is 33.7 Å². The van der Waals surface area contributed by atoms with Gasteiger partial charge in [-0.15, -0.1) is 0 Å². The Balaban J connectivity index is 3.07. The van der Waals surface area contributed by atoms with Gasteiger partial charge in [-0.3, -0.25) is 0 Å². The fourth-order valence-electron chi connectivity index (χ4n) is 4.39. The maximum atomic E-state index is 13.1. The summed E-state index contributed by atoms with van der Waals surface area (Å²) in [6, 6.07) is -0.686. The van der Waals surface area contributed by atoms with E-state index in [1.54, 1.807) is 7.05 Å². The predicted octanol–water partition coefficient (Wildman–Crippen LogP) is 7.73.